The van der Waals surface area contributed by atoms with Crippen LogP contribution in [0.3, 0.4) is 0 Å². The SMILES string of the molecule is O=C1C=C(O)C(=NNc2ccc(C=Cc3ccc(N=Nc4ccc(O)cc4O)cc3)cc2)CC1. The summed E-state index contributed by atoms with van der Waals surface area (Å²) in [5, 5.41) is 41.2. The Hall–Kier alpha value is -4.72. The zero-order valence-corrected chi connectivity index (χ0v) is 18.1. The molecule has 8 nitrogen and oxygen atoms in total. The summed E-state index contributed by atoms with van der Waals surface area (Å²) in [4.78, 5) is 11.3. The number of phenolic OH excluding ortho intramolecular Hbond substituents is 2. The van der Waals surface area contributed by atoms with Crippen LogP contribution < -0.4 is 5.43 Å². The molecule has 0 radical (unpaired) electrons. The summed E-state index contributed by atoms with van der Waals surface area (Å²) in [6.45, 7) is 0. The Morgan fingerprint density at radius 1 is 0.794 bits per heavy atom. The number of rotatable bonds is 6. The van der Waals surface area contributed by atoms with Gasteiger partial charge in [0.25, 0.3) is 0 Å². The number of hydrogen-bond acceptors (Lipinski definition) is 8. The predicted octanol–water partition coefficient (Wildman–Crippen LogP) is 6.26. The quantitative estimate of drug-likeness (QED) is 0.199. The van der Waals surface area contributed by atoms with Crippen molar-refractivity contribution < 1.29 is 20.1 Å². The molecule has 170 valence electrons. The number of carbonyl (C=O) groups is 1. The fourth-order valence-corrected chi connectivity index (χ4v) is 3.14. The molecule has 0 heterocycles. The molecule has 0 amide bonds. The summed E-state index contributed by atoms with van der Waals surface area (Å²) < 4.78 is 0. The van der Waals surface area contributed by atoms with E-state index >= 15 is 0 Å². The van der Waals surface area contributed by atoms with Crippen LogP contribution in [0, 0.1) is 0 Å². The van der Waals surface area contributed by atoms with Gasteiger partial charge in [0.05, 0.1) is 11.4 Å². The first-order chi connectivity index (χ1) is 16.5. The van der Waals surface area contributed by atoms with Crippen LogP contribution in [-0.4, -0.2) is 26.8 Å². The second kappa shape index (κ2) is 10.3. The van der Waals surface area contributed by atoms with Gasteiger partial charge in [-0.3, -0.25) is 10.2 Å². The van der Waals surface area contributed by atoms with Crippen LogP contribution in [0.2, 0.25) is 0 Å². The minimum Gasteiger partial charge on any atom is -0.508 e. The summed E-state index contributed by atoms with van der Waals surface area (Å²) in [6.07, 6.45) is 5.90. The Labute approximate surface area is 195 Å². The lowest BCUT2D eigenvalue weighted by Gasteiger charge is -2.10. The monoisotopic (exact) mass is 454 g/mol. The van der Waals surface area contributed by atoms with E-state index in [1.165, 1.54) is 24.3 Å². The van der Waals surface area contributed by atoms with E-state index in [2.05, 4.69) is 20.8 Å². The highest BCUT2D eigenvalue weighted by Gasteiger charge is 2.15. The zero-order valence-electron chi connectivity index (χ0n) is 18.1. The molecule has 0 aliphatic heterocycles. The number of hydrogen-bond donors (Lipinski definition) is 4. The van der Waals surface area contributed by atoms with E-state index in [0.29, 0.717) is 24.2 Å². The van der Waals surface area contributed by atoms with Gasteiger partial charge in [0.2, 0.25) is 0 Å². The number of nitrogens with one attached hydrogen (secondary N) is 1. The highest BCUT2D eigenvalue weighted by atomic mass is 16.3. The van der Waals surface area contributed by atoms with E-state index < -0.39 is 0 Å². The minimum atomic E-state index is -0.141. The van der Waals surface area contributed by atoms with Crippen molar-refractivity contribution >= 4 is 40.7 Å². The van der Waals surface area contributed by atoms with Gasteiger partial charge in [-0.25, -0.2) is 0 Å². The molecule has 0 spiro atoms. The highest BCUT2D eigenvalue weighted by molar-refractivity contribution is 6.09. The van der Waals surface area contributed by atoms with Gasteiger partial charge in [-0.2, -0.15) is 10.2 Å². The van der Waals surface area contributed by atoms with Gasteiger partial charge in [0, 0.05) is 25.0 Å². The third kappa shape index (κ3) is 5.95. The van der Waals surface area contributed by atoms with Gasteiger partial charge in [-0.1, -0.05) is 36.4 Å². The number of allylic oxidation sites excluding steroid dienone is 2. The lowest BCUT2D eigenvalue weighted by atomic mass is 10.0. The number of benzene rings is 3. The molecule has 1 aliphatic rings. The average molecular weight is 454 g/mol. The number of phenols is 2. The molecule has 0 aromatic heterocycles. The van der Waals surface area contributed by atoms with Crippen molar-refractivity contribution in [2.75, 3.05) is 5.43 Å². The average Bonchev–Trinajstić information content (AvgIpc) is 2.83. The Kier molecular flexibility index (Phi) is 6.78. The Morgan fingerprint density at radius 3 is 2.12 bits per heavy atom. The van der Waals surface area contributed by atoms with Crippen LogP contribution in [0.1, 0.15) is 24.0 Å². The maximum absolute atomic E-state index is 11.3. The van der Waals surface area contributed by atoms with E-state index in [4.69, 9.17) is 0 Å². The number of carbonyl (C=O) groups excluding carboxylic acids is 1. The Morgan fingerprint density at radius 2 is 1.47 bits per heavy atom. The Bertz CT molecular complexity index is 1310. The van der Waals surface area contributed by atoms with Crippen LogP contribution in [0.5, 0.6) is 11.5 Å². The first-order valence-corrected chi connectivity index (χ1v) is 10.5. The van der Waals surface area contributed by atoms with Crippen molar-refractivity contribution in [3.63, 3.8) is 0 Å². The smallest absolute Gasteiger partial charge is 0.159 e. The van der Waals surface area contributed by atoms with E-state index in [0.717, 1.165) is 16.8 Å². The summed E-state index contributed by atoms with van der Waals surface area (Å²) >= 11 is 0. The van der Waals surface area contributed by atoms with Crippen molar-refractivity contribution in [2.24, 2.45) is 15.3 Å². The number of azo groups is 1. The molecule has 3 aromatic rings. The topological polar surface area (TPSA) is 127 Å². The van der Waals surface area contributed by atoms with Crippen molar-refractivity contribution in [3.05, 3.63) is 89.7 Å². The van der Waals surface area contributed by atoms with Gasteiger partial charge in [0.15, 0.2) is 5.78 Å². The summed E-state index contributed by atoms with van der Waals surface area (Å²) in [5.74, 6) is -0.365. The number of anilines is 1. The summed E-state index contributed by atoms with van der Waals surface area (Å²) in [6, 6.07) is 19.2. The third-order valence-electron chi connectivity index (χ3n) is 5.03. The second-order valence-corrected chi connectivity index (χ2v) is 7.59. The maximum atomic E-state index is 11.3. The standard InChI is InChI=1S/C26H22N4O4/c31-21-11-13-23(25(33)15-21)29-27-19-7-3-17(4-8-19)1-2-18-5-9-20(10-6-18)28-30-24-14-12-22(32)16-26(24)34/h1-11,13,15-16,28,31,33-34H,12,14H2. The van der Waals surface area contributed by atoms with Crippen LogP contribution >= 0.6 is 0 Å². The number of aromatic hydroxyl groups is 2. The van der Waals surface area contributed by atoms with E-state index in [1.54, 1.807) is 0 Å². The second-order valence-electron chi connectivity index (χ2n) is 7.59. The summed E-state index contributed by atoms with van der Waals surface area (Å²) in [7, 11) is 0. The van der Waals surface area contributed by atoms with Crippen molar-refractivity contribution in [3.8, 4) is 11.5 Å². The molecule has 8 heteroatoms. The van der Waals surface area contributed by atoms with Crippen LogP contribution in [0.15, 0.2) is 93.9 Å². The molecule has 0 unspecified atom stereocenters. The first kappa shape index (κ1) is 22.5. The number of ketones is 1. The molecule has 4 rings (SSSR count). The van der Waals surface area contributed by atoms with Crippen LogP contribution in [0.4, 0.5) is 17.1 Å². The predicted molar refractivity (Wildman–Crippen MR) is 132 cm³/mol. The first-order valence-electron chi connectivity index (χ1n) is 10.5. The molecule has 0 saturated carbocycles. The molecule has 1 aliphatic carbocycles. The minimum absolute atomic E-state index is 0.0385. The van der Waals surface area contributed by atoms with Gasteiger partial charge in [-0.05, 0) is 47.5 Å². The third-order valence-corrected chi connectivity index (χ3v) is 5.03. The molecule has 34 heavy (non-hydrogen) atoms. The van der Waals surface area contributed by atoms with Gasteiger partial charge < -0.3 is 15.3 Å². The van der Waals surface area contributed by atoms with Crippen LogP contribution in [0.25, 0.3) is 12.2 Å². The zero-order chi connectivity index (χ0) is 23.9. The molecule has 3 aromatic carbocycles. The molecule has 0 fully saturated rings. The van der Waals surface area contributed by atoms with Crippen molar-refractivity contribution in [1.82, 2.24) is 0 Å². The summed E-state index contributed by atoms with van der Waals surface area (Å²) in [5.41, 5.74) is 7.01. The van der Waals surface area contributed by atoms with E-state index in [-0.39, 0.29) is 28.7 Å². The lowest BCUT2D eigenvalue weighted by Crippen LogP contribution is -2.14. The highest BCUT2D eigenvalue weighted by Crippen LogP contribution is 2.31. The number of hydrazone groups is 1. The van der Waals surface area contributed by atoms with Gasteiger partial charge >= 0.3 is 0 Å². The molecular formula is C26H22N4O4. The largest absolute Gasteiger partial charge is 0.508 e. The van der Waals surface area contributed by atoms with Gasteiger partial charge in [0.1, 0.15) is 28.7 Å². The lowest BCUT2D eigenvalue weighted by molar-refractivity contribution is -0.114. The van der Waals surface area contributed by atoms with Gasteiger partial charge in [-0.15, -0.1) is 5.11 Å². The molecule has 0 atom stereocenters. The van der Waals surface area contributed by atoms with Crippen molar-refractivity contribution in [2.45, 2.75) is 12.8 Å². The fourth-order valence-electron chi connectivity index (χ4n) is 3.14. The molecular weight excluding hydrogens is 432 g/mol. The Balaban J connectivity index is 1.35. The number of aliphatic hydroxyl groups is 1. The number of nitrogens with zero attached hydrogens (tertiary/aromatic N) is 3. The maximum Gasteiger partial charge on any atom is 0.159 e. The van der Waals surface area contributed by atoms with Crippen LogP contribution in [-0.2, 0) is 4.79 Å². The molecule has 0 saturated heterocycles. The molecule has 0 bridgehead atoms. The van der Waals surface area contributed by atoms with E-state index in [1.807, 2.05) is 60.7 Å². The fraction of sp³-hybridized carbons (Fsp3) is 0.0769. The van der Waals surface area contributed by atoms with E-state index in [9.17, 15) is 20.1 Å². The molecule has 4 N–H and O–H groups in total. The normalized spacial score (nSPS) is 15.2. The number of aliphatic hydroxyl groups excluding tert-OH is 1. The van der Waals surface area contributed by atoms with Crippen molar-refractivity contribution in [1.29, 1.82) is 0 Å².